The molecule has 0 heterocycles. The maximum atomic E-state index is 13.0. The number of hydrogen-bond donors (Lipinski definition) is 1. The Morgan fingerprint density at radius 2 is 1.69 bits per heavy atom. The van der Waals surface area contributed by atoms with E-state index in [4.69, 9.17) is 27.9 Å². The smallest absolute Gasteiger partial charge is 0.267 e. The summed E-state index contributed by atoms with van der Waals surface area (Å²) < 4.78 is 5.74. The van der Waals surface area contributed by atoms with Gasteiger partial charge in [-0.05, 0) is 49.2 Å². The average molecular weight is 471 g/mol. The van der Waals surface area contributed by atoms with Crippen molar-refractivity contribution >= 4 is 40.7 Å². The monoisotopic (exact) mass is 470 g/mol. The van der Waals surface area contributed by atoms with Crippen molar-refractivity contribution < 1.29 is 14.3 Å². The summed E-state index contributed by atoms with van der Waals surface area (Å²) in [5.74, 6) is -0.205. The van der Waals surface area contributed by atoms with Crippen LogP contribution < -0.4 is 15.0 Å². The lowest BCUT2D eigenvalue weighted by atomic mass is 10.1. The van der Waals surface area contributed by atoms with Gasteiger partial charge in [0.1, 0.15) is 5.75 Å². The number of carbonyl (C=O) groups excluding carboxylic acids is 2. The quantitative estimate of drug-likeness (QED) is 0.479. The molecule has 3 aromatic carbocycles. The highest BCUT2D eigenvalue weighted by Gasteiger charge is 2.24. The number of rotatable bonds is 8. The van der Waals surface area contributed by atoms with Crippen LogP contribution in [-0.4, -0.2) is 31.5 Å². The summed E-state index contributed by atoms with van der Waals surface area (Å²) in [7, 11) is 1.61. The van der Waals surface area contributed by atoms with Gasteiger partial charge in [0.25, 0.3) is 11.8 Å². The molecule has 0 aliphatic rings. The van der Waals surface area contributed by atoms with Crippen LogP contribution in [0.3, 0.4) is 0 Å². The van der Waals surface area contributed by atoms with Crippen molar-refractivity contribution in [1.82, 2.24) is 5.32 Å². The van der Waals surface area contributed by atoms with Crippen LogP contribution in [0.2, 0.25) is 10.0 Å². The molecule has 1 unspecified atom stereocenters. The molecule has 0 saturated heterocycles. The van der Waals surface area contributed by atoms with Crippen LogP contribution in [0.4, 0.5) is 5.69 Å². The predicted octanol–water partition coefficient (Wildman–Crippen LogP) is 5.40. The summed E-state index contributed by atoms with van der Waals surface area (Å²) in [6.45, 7) is 2.12. The molecular formula is C25H24Cl2N2O3. The number of nitrogens with one attached hydrogen (secondary N) is 1. The maximum Gasteiger partial charge on any atom is 0.267 e. The van der Waals surface area contributed by atoms with Crippen LogP contribution in [0.15, 0.2) is 72.8 Å². The standard InChI is InChI=1S/C25H24Cl2N2O3/c1-17(32-23-13-12-19(26)16-21(23)27)25(31)29(2)22-11-7-6-10-20(22)24(30)28-15-14-18-8-4-3-5-9-18/h3-13,16-17H,14-15H2,1-2H3,(H,28,30). The molecule has 0 aromatic heterocycles. The first-order chi connectivity index (χ1) is 15.4. The van der Waals surface area contributed by atoms with E-state index in [2.05, 4.69) is 5.32 Å². The highest BCUT2D eigenvalue weighted by atomic mass is 35.5. The van der Waals surface area contributed by atoms with Crippen LogP contribution in [0.25, 0.3) is 0 Å². The second-order valence-electron chi connectivity index (χ2n) is 7.24. The molecule has 2 amide bonds. The third kappa shape index (κ3) is 6.02. The lowest BCUT2D eigenvalue weighted by Crippen LogP contribution is -2.39. The van der Waals surface area contributed by atoms with Crippen molar-refractivity contribution in [2.75, 3.05) is 18.5 Å². The number of para-hydroxylation sites is 1. The largest absolute Gasteiger partial charge is 0.479 e. The topological polar surface area (TPSA) is 58.6 Å². The van der Waals surface area contributed by atoms with Gasteiger partial charge in [-0.15, -0.1) is 0 Å². The molecule has 32 heavy (non-hydrogen) atoms. The summed E-state index contributed by atoms with van der Waals surface area (Å²) >= 11 is 12.1. The third-order valence-corrected chi connectivity index (χ3v) is 5.46. The summed E-state index contributed by atoms with van der Waals surface area (Å²) in [5.41, 5.74) is 2.04. The molecule has 0 spiro atoms. The van der Waals surface area contributed by atoms with Gasteiger partial charge in [-0.3, -0.25) is 9.59 Å². The Balaban J connectivity index is 1.67. The Morgan fingerprint density at radius 3 is 2.41 bits per heavy atom. The number of halogens is 2. The number of hydrogen-bond acceptors (Lipinski definition) is 3. The van der Waals surface area contributed by atoms with Gasteiger partial charge in [0, 0.05) is 18.6 Å². The van der Waals surface area contributed by atoms with Gasteiger partial charge >= 0.3 is 0 Å². The van der Waals surface area contributed by atoms with Gasteiger partial charge in [-0.1, -0.05) is 65.7 Å². The number of nitrogens with zero attached hydrogens (tertiary/aromatic N) is 1. The minimum absolute atomic E-state index is 0.245. The van der Waals surface area contributed by atoms with Gasteiger partial charge in [0.05, 0.1) is 16.3 Å². The van der Waals surface area contributed by atoms with Crippen molar-refractivity contribution in [2.45, 2.75) is 19.4 Å². The van der Waals surface area contributed by atoms with E-state index in [9.17, 15) is 9.59 Å². The Labute approximate surface area is 197 Å². The molecule has 3 aromatic rings. The highest BCUT2D eigenvalue weighted by Crippen LogP contribution is 2.29. The summed E-state index contributed by atoms with van der Waals surface area (Å²) in [4.78, 5) is 27.2. The molecule has 5 nitrogen and oxygen atoms in total. The fourth-order valence-electron chi connectivity index (χ4n) is 3.22. The Hall–Kier alpha value is -3.02. The summed E-state index contributed by atoms with van der Waals surface area (Å²) in [6.07, 6.45) is -0.108. The number of carbonyl (C=O) groups is 2. The van der Waals surface area contributed by atoms with Crippen LogP contribution in [-0.2, 0) is 11.2 Å². The molecule has 3 rings (SSSR count). The van der Waals surface area contributed by atoms with E-state index in [1.807, 2.05) is 30.3 Å². The van der Waals surface area contributed by atoms with E-state index < -0.39 is 6.10 Å². The minimum Gasteiger partial charge on any atom is -0.479 e. The zero-order chi connectivity index (χ0) is 23.1. The zero-order valence-electron chi connectivity index (χ0n) is 17.8. The molecule has 7 heteroatoms. The van der Waals surface area contributed by atoms with Gasteiger partial charge in [-0.2, -0.15) is 0 Å². The molecule has 0 aliphatic carbocycles. The van der Waals surface area contributed by atoms with Crippen LogP contribution >= 0.6 is 23.2 Å². The fraction of sp³-hybridized carbons (Fsp3) is 0.200. The van der Waals surface area contributed by atoms with Crippen LogP contribution in [0.1, 0.15) is 22.8 Å². The third-order valence-electron chi connectivity index (χ3n) is 4.93. The van der Waals surface area contributed by atoms with E-state index in [1.165, 1.54) is 4.90 Å². The van der Waals surface area contributed by atoms with Crippen molar-refractivity contribution in [3.05, 3.63) is 94.0 Å². The normalized spacial score (nSPS) is 11.5. The van der Waals surface area contributed by atoms with E-state index in [0.29, 0.717) is 33.6 Å². The Morgan fingerprint density at radius 1 is 1.00 bits per heavy atom. The second kappa shape index (κ2) is 11.0. The molecule has 1 N–H and O–H groups in total. The van der Waals surface area contributed by atoms with Gasteiger partial charge in [-0.25, -0.2) is 0 Å². The van der Waals surface area contributed by atoms with E-state index in [-0.39, 0.29) is 11.8 Å². The van der Waals surface area contributed by atoms with Gasteiger partial charge in [0.15, 0.2) is 6.10 Å². The molecule has 1 atom stereocenters. The maximum absolute atomic E-state index is 13.0. The first-order valence-corrected chi connectivity index (χ1v) is 10.9. The zero-order valence-corrected chi connectivity index (χ0v) is 19.4. The number of amides is 2. The molecule has 166 valence electrons. The average Bonchev–Trinajstić information content (AvgIpc) is 2.80. The predicted molar refractivity (Wildman–Crippen MR) is 129 cm³/mol. The van der Waals surface area contributed by atoms with Crippen LogP contribution in [0, 0.1) is 0 Å². The number of ether oxygens (including phenoxy) is 1. The molecule has 0 aliphatic heterocycles. The Bertz CT molecular complexity index is 1090. The SMILES string of the molecule is CC(Oc1ccc(Cl)cc1Cl)C(=O)N(C)c1ccccc1C(=O)NCCc1ccccc1. The second-order valence-corrected chi connectivity index (χ2v) is 8.08. The molecular weight excluding hydrogens is 447 g/mol. The molecule has 0 saturated carbocycles. The molecule has 0 radical (unpaired) electrons. The van der Waals surface area contributed by atoms with E-state index in [1.54, 1.807) is 56.4 Å². The minimum atomic E-state index is -0.826. The van der Waals surface area contributed by atoms with Crippen LogP contribution in [0.5, 0.6) is 5.75 Å². The lowest BCUT2D eigenvalue weighted by Gasteiger charge is -2.24. The van der Waals surface area contributed by atoms with Gasteiger partial charge in [0.2, 0.25) is 0 Å². The first kappa shape index (κ1) is 23.6. The van der Waals surface area contributed by atoms with E-state index >= 15 is 0 Å². The van der Waals surface area contributed by atoms with Gasteiger partial charge < -0.3 is 15.0 Å². The van der Waals surface area contributed by atoms with Crippen molar-refractivity contribution in [2.24, 2.45) is 0 Å². The number of benzene rings is 3. The van der Waals surface area contributed by atoms with E-state index in [0.717, 1.165) is 12.0 Å². The fourth-order valence-corrected chi connectivity index (χ4v) is 3.67. The number of likely N-dealkylation sites (N-methyl/N-ethyl adjacent to an activating group) is 1. The Kier molecular flexibility index (Phi) is 8.14. The summed E-state index contributed by atoms with van der Waals surface area (Å²) in [6, 6.07) is 21.7. The molecule has 0 bridgehead atoms. The summed E-state index contributed by atoms with van der Waals surface area (Å²) in [5, 5.41) is 3.72. The van der Waals surface area contributed by atoms with Crippen molar-refractivity contribution in [3.63, 3.8) is 0 Å². The highest BCUT2D eigenvalue weighted by molar-refractivity contribution is 6.35. The number of anilines is 1. The molecule has 0 fully saturated rings. The lowest BCUT2D eigenvalue weighted by molar-refractivity contribution is -0.124. The van der Waals surface area contributed by atoms with Crippen molar-refractivity contribution in [1.29, 1.82) is 0 Å². The van der Waals surface area contributed by atoms with Crippen molar-refractivity contribution in [3.8, 4) is 5.75 Å². The first-order valence-electron chi connectivity index (χ1n) is 10.2.